The predicted molar refractivity (Wildman–Crippen MR) is 86.2 cm³/mol. The van der Waals surface area contributed by atoms with Crippen LogP contribution in [0.2, 0.25) is 0 Å². The highest BCUT2D eigenvalue weighted by atomic mass is 32.1. The van der Waals surface area contributed by atoms with Crippen molar-refractivity contribution in [3.05, 3.63) is 57.8 Å². The van der Waals surface area contributed by atoms with Gasteiger partial charge in [0.1, 0.15) is 5.82 Å². The lowest BCUT2D eigenvalue weighted by Gasteiger charge is -2.16. The Bertz CT molecular complexity index is 839. The number of fused-ring (bicyclic) bond motifs is 2. The second-order valence-corrected chi connectivity index (χ2v) is 6.25. The van der Waals surface area contributed by atoms with Gasteiger partial charge in [-0.15, -0.1) is 11.3 Å². The highest BCUT2D eigenvalue weighted by Crippen LogP contribution is 2.31. The van der Waals surface area contributed by atoms with Crippen molar-refractivity contribution in [3.8, 4) is 0 Å². The van der Waals surface area contributed by atoms with Crippen molar-refractivity contribution in [1.29, 1.82) is 0 Å². The molecule has 0 atom stereocenters. The fourth-order valence-electron chi connectivity index (χ4n) is 2.87. The van der Waals surface area contributed by atoms with Crippen LogP contribution in [0.1, 0.15) is 20.8 Å². The van der Waals surface area contributed by atoms with E-state index in [1.807, 2.05) is 22.4 Å². The molecule has 0 saturated carbocycles. The van der Waals surface area contributed by atoms with Crippen molar-refractivity contribution in [1.82, 2.24) is 4.98 Å². The Morgan fingerprint density at radius 1 is 1.29 bits per heavy atom. The number of hydrogen-bond donors (Lipinski definition) is 0. The molecule has 4 rings (SSSR count). The van der Waals surface area contributed by atoms with Gasteiger partial charge < -0.3 is 0 Å². The summed E-state index contributed by atoms with van der Waals surface area (Å²) >= 11 is 1.48. The van der Waals surface area contributed by atoms with Crippen LogP contribution in [-0.4, -0.2) is 17.4 Å². The molecule has 0 bridgehead atoms. The van der Waals surface area contributed by atoms with Gasteiger partial charge in [-0.05, 0) is 42.0 Å². The second kappa shape index (κ2) is 4.67. The first-order chi connectivity index (χ1) is 10.2. The summed E-state index contributed by atoms with van der Waals surface area (Å²) < 4.78 is 0. The summed E-state index contributed by atoms with van der Waals surface area (Å²) in [7, 11) is 0. The molecule has 0 saturated heterocycles. The minimum absolute atomic E-state index is 0.0594. The second-order valence-electron chi connectivity index (χ2n) is 5.30. The fourth-order valence-corrected chi connectivity index (χ4v) is 3.54. The molecule has 21 heavy (non-hydrogen) atoms. The zero-order valence-electron chi connectivity index (χ0n) is 11.7. The molecular weight excluding hydrogens is 280 g/mol. The van der Waals surface area contributed by atoms with Crippen LogP contribution < -0.4 is 4.90 Å². The summed E-state index contributed by atoms with van der Waals surface area (Å²) in [4.78, 5) is 20.0. The Morgan fingerprint density at radius 3 is 3.00 bits per heavy atom. The molecule has 4 heteroatoms. The third-order valence-electron chi connectivity index (χ3n) is 3.94. The molecular formula is C17H14N2OS. The molecule has 1 amide bonds. The van der Waals surface area contributed by atoms with Gasteiger partial charge >= 0.3 is 0 Å². The van der Waals surface area contributed by atoms with Crippen LogP contribution in [-0.2, 0) is 6.42 Å². The lowest BCUT2D eigenvalue weighted by Crippen LogP contribution is -2.28. The Balaban J connectivity index is 1.84. The van der Waals surface area contributed by atoms with Crippen LogP contribution >= 0.6 is 11.3 Å². The molecule has 2 aromatic heterocycles. The molecule has 0 spiro atoms. The van der Waals surface area contributed by atoms with Gasteiger partial charge in [0.2, 0.25) is 0 Å². The minimum Gasteiger partial charge on any atom is -0.291 e. The number of aromatic nitrogens is 1. The van der Waals surface area contributed by atoms with Gasteiger partial charge in [-0.2, -0.15) is 0 Å². The first kappa shape index (κ1) is 12.5. The fraction of sp³-hybridized carbons (Fsp3) is 0.176. The summed E-state index contributed by atoms with van der Waals surface area (Å²) in [5.74, 6) is 0.888. The van der Waals surface area contributed by atoms with Crippen LogP contribution in [0.4, 0.5) is 5.82 Å². The van der Waals surface area contributed by atoms with E-state index in [1.54, 1.807) is 0 Å². The number of rotatable bonds is 1. The Kier molecular flexibility index (Phi) is 2.79. The average Bonchev–Trinajstić information content (AvgIpc) is 3.15. The molecule has 0 N–H and O–H groups in total. The van der Waals surface area contributed by atoms with Crippen molar-refractivity contribution in [2.24, 2.45) is 0 Å². The number of pyridine rings is 1. The third-order valence-corrected chi connectivity index (χ3v) is 4.80. The lowest BCUT2D eigenvalue weighted by molar-refractivity contribution is 0.0992. The van der Waals surface area contributed by atoms with Crippen LogP contribution in [0.25, 0.3) is 10.9 Å². The van der Waals surface area contributed by atoms with Gasteiger partial charge in [-0.3, -0.25) is 9.69 Å². The minimum atomic E-state index is 0.0594. The SMILES string of the molecule is Cc1cccc2cc3c(nc12)N(C(=O)c1cccs1)CC3. The third kappa shape index (κ3) is 1.94. The van der Waals surface area contributed by atoms with Crippen molar-refractivity contribution in [2.45, 2.75) is 13.3 Å². The number of nitrogens with zero attached hydrogens (tertiary/aromatic N) is 2. The highest BCUT2D eigenvalue weighted by molar-refractivity contribution is 7.12. The van der Waals surface area contributed by atoms with E-state index in [4.69, 9.17) is 4.98 Å². The summed E-state index contributed by atoms with van der Waals surface area (Å²) in [5, 5.41) is 3.08. The number of thiophene rings is 1. The van der Waals surface area contributed by atoms with Crippen LogP contribution in [0.3, 0.4) is 0 Å². The van der Waals surface area contributed by atoms with E-state index in [0.29, 0.717) is 6.54 Å². The van der Waals surface area contributed by atoms with Gasteiger partial charge in [0.25, 0.3) is 5.91 Å². The lowest BCUT2D eigenvalue weighted by atomic mass is 10.1. The highest BCUT2D eigenvalue weighted by Gasteiger charge is 2.28. The summed E-state index contributed by atoms with van der Waals surface area (Å²) in [6.45, 7) is 2.77. The van der Waals surface area contributed by atoms with Gasteiger partial charge in [-0.25, -0.2) is 4.98 Å². The number of aryl methyl sites for hydroxylation is 1. The molecule has 1 aromatic carbocycles. The molecule has 1 aliphatic rings. The van der Waals surface area contributed by atoms with Gasteiger partial charge in [-0.1, -0.05) is 24.3 Å². The Labute approximate surface area is 126 Å². The summed E-state index contributed by atoms with van der Waals surface area (Å²) in [6, 6.07) is 12.1. The first-order valence-corrected chi connectivity index (χ1v) is 7.86. The number of anilines is 1. The van der Waals surface area contributed by atoms with Gasteiger partial charge in [0.15, 0.2) is 0 Å². The maximum absolute atomic E-state index is 12.6. The molecule has 0 radical (unpaired) electrons. The van der Waals surface area contributed by atoms with Crippen LogP contribution in [0.5, 0.6) is 0 Å². The molecule has 3 heterocycles. The molecule has 104 valence electrons. The first-order valence-electron chi connectivity index (χ1n) is 6.98. The van der Waals surface area contributed by atoms with E-state index in [9.17, 15) is 4.79 Å². The average molecular weight is 294 g/mol. The number of carbonyl (C=O) groups is 1. The van der Waals surface area contributed by atoms with E-state index in [1.165, 1.54) is 11.3 Å². The van der Waals surface area contributed by atoms with Crippen molar-refractivity contribution < 1.29 is 4.79 Å². The number of benzene rings is 1. The Morgan fingerprint density at radius 2 is 2.19 bits per heavy atom. The maximum Gasteiger partial charge on any atom is 0.269 e. The molecule has 1 aliphatic heterocycles. The summed E-state index contributed by atoms with van der Waals surface area (Å²) in [6.07, 6.45) is 0.878. The zero-order chi connectivity index (χ0) is 14.4. The van der Waals surface area contributed by atoms with Crippen molar-refractivity contribution in [2.75, 3.05) is 11.4 Å². The number of hydrogen-bond acceptors (Lipinski definition) is 3. The number of para-hydroxylation sites is 1. The van der Waals surface area contributed by atoms with E-state index in [2.05, 4.69) is 31.2 Å². The topological polar surface area (TPSA) is 33.2 Å². The predicted octanol–water partition coefficient (Wildman–Crippen LogP) is 3.81. The molecule has 0 aliphatic carbocycles. The number of amides is 1. The van der Waals surface area contributed by atoms with Gasteiger partial charge in [0.05, 0.1) is 10.4 Å². The van der Waals surface area contributed by atoms with Crippen LogP contribution in [0, 0.1) is 6.92 Å². The molecule has 3 aromatic rings. The Hall–Kier alpha value is -2.20. The van der Waals surface area contributed by atoms with E-state index >= 15 is 0 Å². The van der Waals surface area contributed by atoms with Gasteiger partial charge in [0, 0.05) is 11.9 Å². The molecule has 0 fully saturated rings. The zero-order valence-corrected chi connectivity index (χ0v) is 12.5. The van der Waals surface area contributed by atoms with Crippen molar-refractivity contribution >= 4 is 34.0 Å². The van der Waals surface area contributed by atoms with Crippen LogP contribution in [0.15, 0.2) is 41.8 Å². The molecule has 3 nitrogen and oxygen atoms in total. The number of carbonyl (C=O) groups excluding carboxylic acids is 1. The smallest absolute Gasteiger partial charge is 0.269 e. The maximum atomic E-state index is 12.6. The molecule has 0 unspecified atom stereocenters. The van der Waals surface area contributed by atoms with E-state index in [-0.39, 0.29) is 5.91 Å². The summed E-state index contributed by atoms with van der Waals surface area (Å²) in [5.41, 5.74) is 3.30. The normalized spacial score (nSPS) is 13.7. The van der Waals surface area contributed by atoms with E-state index in [0.717, 1.165) is 39.1 Å². The quantitative estimate of drug-likeness (QED) is 0.684. The van der Waals surface area contributed by atoms with E-state index < -0.39 is 0 Å². The largest absolute Gasteiger partial charge is 0.291 e. The monoisotopic (exact) mass is 294 g/mol. The van der Waals surface area contributed by atoms with Crippen molar-refractivity contribution in [3.63, 3.8) is 0 Å². The standard InChI is InChI=1S/C17H14N2OS/c1-11-4-2-5-12-10-13-7-8-19(16(13)18-15(11)12)17(20)14-6-3-9-21-14/h2-6,9-10H,7-8H2,1H3.